The first-order chi connectivity index (χ1) is 10.1. The van der Waals surface area contributed by atoms with Gasteiger partial charge in [0.2, 0.25) is 0 Å². The van der Waals surface area contributed by atoms with Gasteiger partial charge < -0.3 is 10.1 Å². The normalized spacial score (nSPS) is 17.6. The molecule has 0 radical (unpaired) electrons. The first-order valence-corrected chi connectivity index (χ1v) is 7.74. The van der Waals surface area contributed by atoms with Crippen molar-refractivity contribution in [3.05, 3.63) is 58.1 Å². The van der Waals surface area contributed by atoms with Gasteiger partial charge in [-0.3, -0.25) is 4.79 Å². The molecule has 21 heavy (non-hydrogen) atoms. The van der Waals surface area contributed by atoms with Gasteiger partial charge >= 0.3 is 0 Å². The minimum absolute atomic E-state index is 0.0840. The maximum absolute atomic E-state index is 12.3. The van der Waals surface area contributed by atoms with Crippen LogP contribution in [0.25, 0.3) is 0 Å². The summed E-state index contributed by atoms with van der Waals surface area (Å²) in [7, 11) is 0. The van der Waals surface area contributed by atoms with Crippen LogP contribution in [0.5, 0.6) is 5.75 Å². The molecular formula is C17H16BrNO2. The lowest BCUT2D eigenvalue weighted by Crippen LogP contribution is -2.32. The van der Waals surface area contributed by atoms with Gasteiger partial charge in [0.1, 0.15) is 5.75 Å². The van der Waals surface area contributed by atoms with Gasteiger partial charge in [-0.25, -0.2) is 0 Å². The number of benzene rings is 2. The van der Waals surface area contributed by atoms with Gasteiger partial charge in [0.25, 0.3) is 5.91 Å². The molecule has 0 spiro atoms. The van der Waals surface area contributed by atoms with E-state index in [0.717, 1.165) is 33.5 Å². The molecule has 1 amide bonds. The van der Waals surface area contributed by atoms with Crippen LogP contribution in [0.3, 0.4) is 0 Å². The van der Waals surface area contributed by atoms with E-state index >= 15 is 0 Å². The van der Waals surface area contributed by atoms with E-state index in [2.05, 4.69) is 21.2 Å². The maximum Gasteiger partial charge on any atom is 0.265 e. The quantitative estimate of drug-likeness (QED) is 0.890. The molecule has 1 heterocycles. The molecule has 0 saturated carbocycles. The molecule has 4 heteroatoms. The molecule has 1 unspecified atom stereocenters. The van der Waals surface area contributed by atoms with Crippen LogP contribution in [0.2, 0.25) is 0 Å². The van der Waals surface area contributed by atoms with E-state index in [1.54, 1.807) is 0 Å². The van der Waals surface area contributed by atoms with Crippen LogP contribution < -0.4 is 10.1 Å². The summed E-state index contributed by atoms with van der Waals surface area (Å²) in [6.07, 6.45) is 1.03. The van der Waals surface area contributed by atoms with Crippen molar-refractivity contribution in [2.24, 2.45) is 0 Å². The summed E-state index contributed by atoms with van der Waals surface area (Å²) in [5, 5.41) is 2.95. The van der Waals surface area contributed by atoms with Crippen LogP contribution >= 0.6 is 15.9 Å². The summed E-state index contributed by atoms with van der Waals surface area (Å²) < 4.78 is 6.89. The van der Waals surface area contributed by atoms with E-state index in [1.807, 2.05) is 49.4 Å². The van der Waals surface area contributed by atoms with Crippen molar-refractivity contribution < 1.29 is 9.53 Å². The lowest BCUT2D eigenvalue weighted by molar-refractivity contribution is -0.122. The first kappa shape index (κ1) is 14.1. The number of nitrogens with one attached hydrogen (secondary N) is 1. The van der Waals surface area contributed by atoms with Gasteiger partial charge in [-0.2, -0.15) is 0 Å². The summed E-state index contributed by atoms with van der Waals surface area (Å²) >= 11 is 3.43. The molecule has 1 aliphatic rings. The number of carbonyl (C=O) groups is 1. The van der Waals surface area contributed by atoms with E-state index in [0.29, 0.717) is 6.42 Å². The third-order valence-electron chi connectivity index (χ3n) is 3.66. The second kappa shape index (κ2) is 5.90. The SMILES string of the molecule is Cc1ccc(Br)cc1OC1CCc2ccccc2NC1=O. The fourth-order valence-corrected chi connectivity index (χ4v) is 2.80. The van der Waals surface area contributed by atoms with Gasteiger partial charge in [0.15, 0.2) is 6.10 Å². The van der Waals surface area contributed by atoms with Crippen molar-refractivity contribution in [3.8, 4) is 5.75 Å². The maximum atomic E-state index is 12.3. The Bertz CT molecular complexity index is 684. The van der Waals surface area contributed by atoms with Crippen molar-refractivity contribution in [1.82, 2.24) is 0 Å². The first-order valence-electron chi connectivity index (χ1n) is 6.95. The third kappa shape index (κ3) is 3.10. The molecular weight excluding hydrogens is 330 g/mol. The van der Waals surface area contributed by atoms with Crippen molar-refractivity contribution in [2.75, 3.05) is 5.32 Å². The molecule has 3 nitrogen and oxygen atoms in total. The van der Waals surface area contributed by atoms with E-state index in [9.17, 15) is 4.79 Å². The molecule has 2 aromatic carbocycles. The summed E-state index contributed by atoms with van der Waals surface area (Å²) in [5.41, 5.74) is 3.07. The number of aryl methyl sites for hydroxylation is 2. The number of anilines is 1. The molecule has 0 aliphatic carbocycles. The molecule has 2 aromatic rings. The van der Waals surface area contributed by atoms with Crippen LogP contribution in [-0.4, -0.2) is 12.0 Å². The summed E-state index contributed by atoms with van der Waals surface area (Å²) in [5.74, 6) is 0.662. The number of para-hydroxylation sites is 1. The highest BCUT2D eigenvalue weighted by atomic mass is 79.9. The Kier molecular flexibility index (Phi) is 3.97. The fraction of sp³-hybridized carbons (Fsp3) is 0.235. The number of hydrogen-bond donors (Lipinski definition) is 1. The standard InChI is InChI=1S/C17H16BrNO2/c1-11-6-8-13(18)10-16(11)21-15-9-7-12-4-2-3-5-14(12)19-17(15)20/h2-6,8,10,15H,7,9H2,1H3,(H,19,20). The van der Waals surface area contributed by atoms with Crippen LogP contribution in [0, 0.1) is 6.92 Å². The molecule has 0 bridgehead atoms. The molecule has 0 saturated heterocycles. The topological polar surface area (TPSA) is 38.3 Å². The predicted molar refractivity (Wildman–Crippen MR) is 86.7 cm³/mol. The number of ether oxygens (including phenoxy) is 1. The van der Waals surface area contributed by atoms with Crippen molar-refractivity contribution >= 4 is 27.5 Å². The lowest BCUT2D eigenvalue weighted by Gasteiger charge is -2.17. The van der Waals surface area contributed by atoms with Gasteiger partial charge in [-0.1, -0.05) is 40.2 Å². The largest absolute Gasteiger partial charge is 0.480 e. The van der Waals surface area contributed by atoms with E-state index in [4.69, 9.17) is 4.74 Å². The Morgan fingerprint density at radius 2 is 2.05 bits per heavy atom. The van der Waals surface area contributed by atoms with Crippen LogP contribution in [0.4, 0.5) is 5.69 Å². The van der Waals surface area contributed by atoms with E-state index < -0.39 is 6.10 Å². The van der Waals surface area contributed by atoms with Crippen molar-refractivity contribution in [3.63, 3.8) is 0 Å². The average molecular weight is 346 g/mol. The number of rotatable bonds is 2. The Labute approximate surface area is 132 Å². The van der Waals surface area contributed by atoms with Gasteiger partial charge in [-0.05, 0) is 49.1 Å². The van der Waals surface area contributed by atoms with E-state index in [-0.39, 0.29) is 5.91 Å². The zero-order chi connectivity index (χ0) is 14.8. The Hall–Kier alpha value is -1.81. The lowest BCUT2D eigenvalue weighted by atomic mass is 10.1. The summed E-state index contributed by atoms with van der Waals surface area (Å²) in [6, 6.07) is 13.7. The summed E-state index contributed by atoms with van der Waals surface area (Å²) in [6.45, 7) is 1.98. The minimum atomic E-state index is -0.467. The molecule has 108 valence electrons. The highest BCUT2D eigenvalue weighted by Crippen LogP contribution is 2.27. The number of fused-ring (bicyclic) bond motifs is 1. The van der Waals surface area contributed by atoms with Crippen molar-refractivity contribution in [2.45, 2.75) is 25.9 Å². The van der Waals surface area contributed by atoms with E-state index in [1.165, 1.54) is 0 Å². The van der Waals surface area contributed by atoms with Gasteiger partial charge in [0, 0.05) is 10.2 Å². The highest BCUT2D eigenvalue weighted by Gasteiger charge is 2.25. The van der Waals surface area contributed by atoms with Gasteiger partial charge in [-0.15, -0.1) is 0 Å². The zero-order valence-corrected chi connectivity index (χ0v) is 13.3. The smallest absolute Gasteiger partial charge is 0.265 e. The monoisotopic (exact) mass is 345 g/mol. The molecule has 1 atom stereocenters. The third-order valence-corrected chi connectivity index (χ3v) is 4.16. The number of hydrogen-bond acceptors (Lipinski definition) is 2. The Balaban J connectivity index is 1.81. The number of halogens is 1. The molecule has 1 aliphatic heterocycles. The second-order valence-corrected chi connectivity index (χ2v) is 6.12. The van der Waals surface area contributed by atoms with Gasteiger partial charge in [0.05, 0.1) is 0 Å². The predicted octanol–water partition coefficient (Wildman–Crippen LogP) is 4.09. The minimum Gasteiger partial charge on any atom is -0.480 e. The number of carbonyl (C=O) groups excluding carboxylic acids is 1. The average Bonchev–Trinajstić information content (AvgIpc) is 2.62. The molecule has 0 aromatic heterocycles. The Morgan fingerprint density at radius 1 is 1.24 bits per heavy atom. The molecule has 0 fully saturated rings. The Morgan fingerprint density at radius 3 is 2.90 bits per heavy atom. The van der Waals surface area contributed by atoms with Crippen LogP contribution in [0.15, 0.2) is 46.9 Å². The highest BCUT2D eigenvalue weighted by molar-refractivity contribution is 9.10. The second-order valence-electron chi connectivity index (χ2n) is 5.20. The molecule has 3 rings (SSSR count). The van der Waals surface area contributed by atoms with Crippen LogP contribution in [-0.2, 0) is 11.2 Å². The number of amides is 1. The fourth-order valence-electron chi connectivity index (χ4n) is 2.46. The summed E-state index contributed by atoms with van der Waals surface area (Å²) in [4.78, 5) is 12.3. The molecule has 1 N–H and O–H groups in total. The van der Waals surface area contributed by atoms with Crippen molar-refractivity contribution in [1.29, 1.82) is 0 Å². The zero-order valence-electron chi connectivity index (χ0n) is 11.7. The van der Waals surface area contributed by atoms with Crippen LogP contribution in [0.1, 0.15) is 17.5 Å².